The van der Waals surface area contributed by atoms with E-state index in [4.69, 9.17) is 0 Å². The SMILES string of the molecule is CC(C)n1cnc2cc(CNC(=O)c3cc(F)ccc3F)ccc21. The largest absolute Gasteiger partial charge is 0.348 e. The van der Waals surface area contributed by atoms with Crippen LogP contribution in [0.25, 0.3) is 11.0 Å². The van der Waals surface area contributed by atoms with Gasteiger partial charge in [-0.2, -0.15) is 0 Å². The molecule has 0 saturated heterocycles. The van der Waals surface area contributed by atoms with Gasteiger partial charge in [0.05, 0.1) is 22.9 Å². The van der Waals surface area contributed by atoms with Gasteiger partial charge in [-0.25, -0.2) is 13.8 Å². The van der Waals surface area contributed by atoms with Crippen LogP contribution in [0.4, 0.5) is 8.78 Å². The molecule has 0 bridgehead atoms. The summed E-state index contributed by atoms with van der Waals surface area (Å²) >= 11 is 0. The van der Waals surface area contributed by atoms with Crippen molar-refractivity contribution in [3.8, 4) is 0 Å². The van der Waals surface area contributed by atoms with Gasteiger partial charge in [-0.1, -0.05) is 6.07 Å². The van der Waals surface area contributed by atoms with Crippen LogP contribution in [0.3, 0.4) is 0 Å². The van der Waals surface area contributed by atoms with E-state index in [1.54, 1.807) is 6.33 Å². The lowest BCUT2D eigenvalue weighted by atomic mass is 10.1. The van der Waals surface area contributed by atoms with Crippen LogP contribution >= 0.6 is 0 Å². The summed E-state index contributed by atoms with van der Waals surface area (Å²) in [4.78, 5) is 16.4. The fourth-order valence-electron chi connectivity index (χ4n) is 2.55. The molecule has 0 aliphatic heterocycles. The van der Waals surface area contributed by atoms with E-state index in [0.29, 0.717) is 6.04 Å². The normalized spacial score (nSPS) is 11.2. The lowest BCUT2D eigenvalue weighted by Gasteiger charge is -2.09. The minimum Gasteiger partial charge on any atom is -0.348 e. The van der Waals surface area contributed by atoms with Crippen molar-refractivity contribution in [3.63, 3.8) is 0 Å². The van der Waals surface area contributed by atoms with Crippen LogP contribution in [0.1, 0.15) is 35.8 Å². The number of nitrogens with one attached hydrogen (secondary N) is 1. The third kappa shape index (κ3) is 3.13. The van der Waals surface area contributed by atoms with Gasteiger partial charge >= 0.3 is 0 Å². The molecule has 24 heavy (non-hydrogen) atoms. The molecular formula is C18H17F2N3O. The molecule has 0 aliphatic carbocycles. The zero-order valence-electron chi connectivity index (χ0n) is 13.4. The molecule has 0 spiro atoms. The Morgan fingerprint density at radius 2 is 2.00 bits per heavy atom. The van der Waals surface area contributed by atoms with Crippen LogP contribution in [-0.2, 0) is 6.54 Å². The smallest absolute Gasteiger partial charge is 0.254 e. The van der Waals surface area contributed by atoms with E-state index < -0.39 is 17.5 Å². The molecule has 1 aromatic heterocycles. The molecule has 1 amide bonds. The Balaban J connectivity index is 1.76. The molecule has 124 valence electrons. The Morgan fingerprint density at radius 3 is 2.75 bits per heavy atom. The first kappa shape index (κ1) is 16.1. The van der Waals surface area contributed by atoms with Crippen LogP contribution in [0.2, 0.25) is 0 Å². The summed E-state index contributed by atoms with van der Waals surface area (Å²) in [7, 11) is 0. The maximum absolute atomic E-state index is 13.6. The van der Waals surface area contributed by atoms with Gasteiger partial charge < -0.3 is 9.88 Å². The molecule has 0 radical (unpaired) electrons. The second-order valence-electron chi connectivity index (χ2n) is 5.88. The molecule has 2 aromatic carbocycles. The minimum absolute atomic E-state index is 0.208. The lowest BCUT2D eigenvalue weighted by Crippen LogP contribution is -2.24. The number of nitrogens with zero attached hydrogens (tertiary/aromatic N) is 2. The van der Waals surface area contributed by atoms with Gasteiger partial charge in [-0.3, -0.25) is 4.79 Å². The van der Waals surface area contributed by atoms with Crippen LogP contribution in [0, 0.1) is 11.6 Å². The first-order chi connectivity index (χ1) is 11.5. The minimum atomic E-state index is -0.750. The van der Waals surface area contributed by atoms with Gasteiger partial charge in [0.2, 0.25) is 0 Å². The van der Waals surface area contributed by atoms with Crippen molar-refractivity contribution >= 4 is 16.9 Å². The van der Waals surface area contributed by atoms with Crippen molar-refractivity contribution in [2.45, 2.75) is 26.4 Å². The number of imidazole rings is 1. The van der Waals surface area contributed by atoms with E-state index in [2.05, 4.69) is 28.7 Å². The summed E-state index contributed by atoms with van der Waals surface area (Å²) < 4.78 is 28.8. The Bertz CT molecular complexity index is 902. The first-order valence-corrected chi connectivity index (χ1v) is 7.64. The molecule has 1 heterocycles. The van der Waals surface area contributed by atoms with Gasteiger partial charge in [0.1, 0.15) is 11.6 Å². The molecule has 0 atom stereocenters. The fourth-order valence-corrected chi connectivity index (χ4v) is 2.55. The van der Waals surface area contributed by atoms with Crippen LogP contribution in [-0.4, -0.2) is 15.5 Å². The number of fused-ring (bicyclic) bond motifs is 1. The predicted molar refractivity (Wildman–Crippen MR) is 87.6 cm³/mol. The molecule has 0 unspecified atom stereocenters. The molecule has 0 aliphatic rings. The van der Waals surface area contributed by atoms with Crippen LogP contribution in [0.5, 0.6) is 0 Å². The number of carbonyl (C=O) groups excluding carboxylic acids is 1. The molecule has 6 heteroatoms. The average Bonchev–Trinajstić information content (AvgIpc) is 2.98. The first-order valence-electron chi connectivity index (χ1n) is 7.64. The zero-order chi connectivity index (χ0) is 17.3. The fraction of sp³-hybridized carbons (Fsp3) is 0.222. The second-order valence-corrected chi connectivity index (χ2v) is 5.88. The monoisotopic (exact) mass is 329 g/mol. The molecule has 0 fully saturated rings. The zero-order valence-corrected chi connectivity index (χ0v) is 13.4. The summed E-state index contributed by atoms with van der Waals surface area (Å²) in [5, 5.41) is 2.60. The van der Waals surface area contributed by atoms with E-state index >= 15 is 0 Å². The molecule has 3 rings (SSSR count). The Labute approximate surface area is 138 Å². The summed E-state index contributed by atoms with van der Waals surface area (Å²) in [6, 6.07) is 8.79. The highest BCUT2D eigenvalue weighted by Crippen LogP contribution is 2.19. The molecule has 1 N–H and O–H groups in total. The van der Waals surface area contributed by atoms with Crippen molar-refractivity contribution in [2.24, 2.45) is 0 Å². The number of hydrogen-bond acceptors (Lipinski definition) is 2. The highest BCUT2D eigenvalue weighted by Gasteiger charge is 2.13. The quantitative estimate of drug-likeness (QED) is 0.791. The third-order valence-corrected chi connectivity index (χ3v) is 3.82. The van der Waals surface area contributed by atoms with E-state index in [9.17, 15) is 13.6 Å². The third-order valence-electron chi connectivity index (χ3n) is 3.82. The number of rotatable bonds is 4. The van der Waals surface area contributed by atoms with Crippen molar-refractivity contribution in [3.05, 3.63) is 65.5 Å². The number of halogens is 2. The van der Waals surface area contributed by atoms with Crippen LogP contribution < -0.4 is 5.32 Å². The van der Waals surface area contributed by atoms with Crippen molar-refractivity contribution in [2.75, 3.05) is 0 Å². The van der Waals surface area contributed by atoms with Gasteiger partial charge in [-0.15, -0.1) is 0 Å². The highest BCUT2D eigenvalue weighted by atomic mass is 19.1. The Hall–Kier alpha value is -2.76. The number of hydrogen-bond donors (Lipinski definition) is 1. The Morgan fingerprint density at radius 1 is 1.21 bits per heavy atom. The summed E-state index contributed by atoms with van der Waals surface area (Å²) in [5.41, 5.74) is 2.37. The second kappa shape index (κ2) is 6.39. The van der Waals surface area contributed by atoms with Crippen molar-refractivity contribution < 1.29 is 13.6 Å². The van der Waals surface area contributed by atoms with Gasteiger partial charge in [0, 0.05) is 12.6 Å². The molecule has 4 nitrogen and oxygen atoms in total. The molecule has 0 saturated carbocycles. The number of carbonyl (C=O) groups is 1. The lowest BCUT2D eigenvalue weighted by molar-refractivity contribution is 0.0946. The van der Waals surface area contributed by atoms with Crippen molar-refractivity contribution in [1.82, 2.24) is 14.9 Å². The predicted octanol–water partition coefficient (Wildman–Crippen LogP) is 3.83. The van der Waals surface area contributed by atoms with Crippen molar-refractivity contribution in [1.29, 1.82) is 0 Å². The highest BCUT2D eigenvalue weighted by molar-refractivity contribution is 5.94. The van der Waals surface area contributed by atoms with E-state index in [-0.39, 0.29) is 12.1 Å². The van der Waals surface area contributed by atoms with E-state index in [0.717, 1.165) is 34.8 Å². The van der Waals surface area contributed by atoms with Crippen LogP contribution in [0.15, 0.2) is 42.7 Å². The maximum atomic E-state index is 13.6. The standard InChI is InChI=1S/C18H17F2N3O/c1-11(2)23-10-22-16-7-12(3-6-17(16)23)9-21-18(24)14-8-13(19)4-5-15(14)20/h3-8,10-11H,9H2,1-2H3,(H,21,24). The summed E-state index contributed by atoms with van der Waals surface area (Å²) in [5.74, 6) is -2.05. The van der Waals surface area contributed by atoms with E-state index in [1.165, 1.54) is 0 Å². The van der Waals surface area contributed by atoms with Gasteiger partial charge in [0.25, 0.3) is 5.91 Å². The van der Waals surface area contributed by atoms with Gasteiger partial charge in [0.15, 0.2) is 0 Å². The molecule has 3 aromatic rings. The number of amides is 1. The summed E-state index contributed by atoms with van der Waals surface area (Å²) in [6.45, 7) is 4.35. The maximum Gasteiger partial charge on any atom is 0.254 e. The summed E-state index contributed by atoms with van der Waals surface area (Å²) in [6.07, 6.45) is 1.78. The average molecular weight is 329 g/mol. The number of benzene rings is 2. The Kier molecular flexibility index (Phi) is 4.29. The van der Waals surface area contributed by atoms with E-state index in [1.807, 2.05) is 18.2 Å². The number of aromatic nitrogens is 2. The molecular weight excluding hydrogens is 312 g/mol. The van der Waals surface area contributed by atoms with Gasteiger partial charge in [-0.05, 0) is 49.7 Å². The topological polar surface area (TPSA) is 46.9 Å².